The van der Waals surface area contributed by atoms with E-state index < -0.39 is 0 Å². The highest BCUT2D eigenvalue weighted by Crippen LogP contribution is 2.29. The van der Waals surface area contributed by atoms with Crippen LogP contribution < -0.4 is 10.6 Å². The molecule has 0 heterocycles. The van der Waals surface area contributed by atoms with Crippen molar-refractivity contribution in [1.82, 2.24) is 5.32 Å². The zero-order valence-corrected chi connectivity index (χ0v) is 16.3. The maximum Gasteiger partial charge on any atom is 0.170 e. The molecule has 0 amide bonds. The van der Waals surface area contributed by atoms with Crippen molar-refractivity contribution in [3.63, 3.8) is 0 Å². The molecule has 0 aliphatic heterocycles. The van der Waals surface area contributed by atoms with Crippen LogP contribution in [0.1, 0.15) is 64.7 Å². The van der Waals surface area contributed by atoms with Gasteiger partial charge in [0.05, 0.1) is 15.7 Å². The van der Waals surface area contributed by atoms with Gasteiger partial charge in [0.15, 0.2) is 5.11 Å². The lowest BCUT2D eigenvalue weighted by Crippen LogP contribution is -2.29. The van der Waals surface area contributed by atoms with E-state index in [0.29, 0.717) is 15.2 Å². The zero-order chi connectivity index (χ0) is 16.9. The highest BCUT2D eigenvalue weighted by atomic mass is 35.5. The van der Waals surface area contributed by atoms with E-state index in [0.717, 1.165) is 18.7 Å². The van der Waals surface area contributed by atoms with Crippen LogP contribution in [0.25, 0.3) is 0 Å². The summed E-state index contributed by atoms with van der Waals surface area (Å²) in [6.07, 6.45) is 11.9. The van der Waals surface area contributed by atoms with E-state index in [1.807, 2.05) is 12.1 Å². The Morgan fingerprint density at radius 2 is 1.57 bits per heavy atom. The Bertz CT molecular complexity index is 466. The molecule has 0 aliphatic rings. The SMILES string of the molecule is CCCCCCCCCCCNC(=S)Nc1cccc(Cl)c1Cl. The van der Waals surface area contributed by atoms with Crippen LogP contribution in [-0.4, -0.2) is 11.7 Å². The van der Waals surface area contributed by atoms with Crippen LogP contribution in [0.5, 0.6) is 0 Å². The van der Waals surface area contributed by atoms with Gasteiger partial charge in [0.25, 0.3) is 0 Å². The second-order valence-corrected chi connectivity index (χ2v) is 7.00. The van der Waals surface area contributed by atoms with Gasteiger partial charge in [0.2, 0.25) is 0 Å². The first-order valence-corrected chi connectivity index (χ1v) is 9.80. The molecule has 2 N–H and O–H groups in total. The molecule has 0 fully saturated rings. The van der Waals surface area contributed by atoms with E-state index in [4.69, 9.17) is 35.4 Å². The number of anilines is 1. The van der Waals surface area contributed by atoms with Crippen molar-refractivity contribution in [3.8, 4) is 0 Å². The number of halogens is 2. The minimum atomic E-state index is 0.501. The highest BCUT2D eigenvalue weighted by Gasteiger charge is 2.05. The van der Waals surface area contributed by atoms with Crippen molar-refractivity contribution in [3.05, 3.63) is 28.2 Å². The minimum absolute atomic E-state index is 0.501. The van der Waals surface area contributed by atoms with Crippen LogP contribution in [0.3, 0.4) is 0 Å². The van der Waals surface area contributed by atoms with Crippen molar-refractivity contribution in [2.45, 2.75) is 64.7 Å². The van der Waals surface area contributed by atoms with Gasteiger partial charge in [-0.15, -0.1) is 0 Å². The minimum Gasteiger partial charge on any atom is -0.362 e. The third-order valence-corrected chi connectivity index (χ3v) is 4.83. The van der Waals surface area contributed by atoms with E-state index in [2.05, 4.69) is 17.6 Å². The summed E-state index contributed by atoms with van der Waals surface area (Å²) < 4.78 is 0. The van der Waals surface area contributed by atoms with Gasteiger partial charge in [-0.2, -0.15) is 0 Å². The molecule has 1 aromatic carbocycles. The molecule has 0 bridgehead atoms. The first-order valence-electron chi connectivity index (χ1n) is 8.64. The summed E-state index contributed by atoms with van der Waals surface area (Å²) in [5.41, 5.74) is 0.740. The summed E-state index contributed by atoms with van der Waals surface area (Å²) in [5.74, 6) is 0. The number of hydrogen-bond acceptors (Lipinski definition) is 1. The molecular formula is C18H28Cl2N2S. The van der Waals surface area contributed by atoms with Gasteiger partial charge >= 0.3 is 0 Å². The normalized spacial score (nSPS) is 10.6. The number of hydrogen-bond donors (Lipinski definition) is 2. The lowest BCUT2D eigenvalue weighted by molar-refractivity contribution is 0.563. The van der Waals surface area contributed by atoms with Crippen LogP contribution in [0, 0.1) is 0 Å². The monoisotopic (exact) mass is 374 g/mol. The quantitative estimate of drug-likeness (QED) is 0.328. The number of thiocarbonyl (C=S) groups is 1. The Hall–Kier alpha value is -0.510. The van der Waals surface area contributed by atoms with E-state index in [-0.39, 0.29) is 0 Å². The second-order valence-electron chi connectivity index (χ2n) is 5.81. The molecule has 23 heavy (non-hydrogen) atoms. The Morgan fingerprint density at radius 3 is 2.22 bits per heavy atom. The molecule has 0 aliphatic carbocycles. The summed E-state index contributed by atoms with van der Waals surface area (Å²) in [5, 5.41) is 7.92. The first kappa shape index (κ1) is 20.5. The average molecular weight is 375 g/mol. The Labute approximate surface area is 156 Å². The fraction of sp³-hybridized carbons (Fsp3) is 0.611. The summed E-state index contributed by atoms with van der Waals surface area (Å²) in [7, 11) is 0. The topological polar surface area (TPSA) is 24.1 Å². The molecule has 1 rings (SSSR count). The van der Waals surface area contributed by atoms with Crippen molar-refractivity contribution in [2.75, 3.05) is 11.9 Å². The van der Waals surface area contributed by atoms with E-state index in [1.165, 1.54) is 51.4 Å². The molecule has 0 atom stereocenters. The molecule has 0 radical (unpaired) electrons. The molecule has 1 aromatic rings. The number of unbranched alkanes of at least 4 members (excludes halogenated alkanes) is 8. The van der Waals surface area contributed by atoms with Gasteiger partial charge in [0.1, 0.15) is 0 Å². The first-order chi connectivity index (χ1) is 11.1. The van der Waals surface area contributed by atoms with Crippen LogP contribution >= 0.6 is 35.4 Å². The molecule has 0 spiro atoms. The summed E-state index contributed by atoms with van der Waals surface area (Å²) in [4.78, 5) is 0. The highest BCUT2D eigenvalue weighted by molar-refractivity contribution is 7.80. The van der Waals surface area contributed by atoms with Crippen molar-refractivity contribution >= 4 is 46.2 Å². The lowest BCUT2D eigenvalue weighted by atomic mass is 10.1. The number of rotatable bonds is 11. The lowest BCUT2D eigenvalue weighted by Gasteiger charge is -2.12. The van der Waals surface area contributed by atoms with Crippen molar-refractivity contribution < 1.29 is 0 Å². The summed E-state index contributed by atoms with van der Waals surface area (Å²) in [6, 6.07) is 5.47. The fourth-order valence-electron chi connectivity index (χ4n) is 2.40. The maximum absolute atomic E-state index is 6.12. The van der Waals surface area contributed by atoms with Crippen LogP contribution in [0.15, 0.2) is 18.2 Å². The Kier molecular flexibility index (Phi) is 11.5. The van der Waals surface area contributed by atoms with Gasteiger partial charge in [-0.1, -0.05) is 87.6 Å². The molecule has 5 heteroatoms. The van der Waals surface area contributed by atoms with Crippen molar-refractivity contribution in [2.24, 2.45) is 0 Å². The summed E-state index contributed by atoms with van der Waals surface area (Å²) >= 11 is 17.4. The molecule has 0 aromatic heterocycles. The molecule has 2 nitrogen and oxygen atoms in total. The van der Waals surface area contributed by atoms with Crippen molar-refractivity contribution in [1.29, 1.82) is 0 Å². The third-order valence-electron chi connectivity index (χ3n) is 3.77. The average Bonchev–Trinajstić information content (AvgIpc) is 2.53. The van der Waals surface area contributed by atoms with E-state index >= 15 is 0 Å². The summed E-state index contributed by atoms with van der Waals surface area (Å²) in [6.45, 7) is 3.15. The van der Waals surface area contributed by atoms with Gasteiger partial charge in [-0.25, -0.2) is 0 Å². The second kappa shape index (κ2) is 12.9. The van der Waals surface area contributed by atoms with Crippen LogP contribution in [-0.2, 0) is 0 Å². The smallest absolute Gasteiger partial charge is 0.170 e. The van der Waals surface area contributed by atoms with Gasteiger partial charge < -0.3 is 10.6 Å². The fourth-order valence-corrected chi connectivity index (χ4v) is 2.96. The third kappa shape index (κ3) is 9.39. The van der Waals surface area contributed by atoms with Gasteiger partial charge in [-0.05, 0) is 30.8 Å². The number of benzene rings is 1. The molecule has 0 saturated carbocycles. The van der Waals surface area contributed by atoms with Crippen LogP contribution in [0.4, 0.5) is 5.69 Å². The molecular weight excluding hydrogens is 347 g/mol. The Balaban J connectivity index is 2.03. The van der Waals surface area contributed by atoms with Crippen LogP contribution in [0.2, 0.25) is 10.0 Å². The standard InChI is InChI=1S/C18H28Cl2N2S/c1-2-3-4-5-6-7-8-9-10-14-21-18(23)22-16-13-11-12-15(19)17(16)20/h11-13H,2-10,14H2,1H3,(H2,21,22,23). The zero-order valence-electron chi connectivity index (χ0n) is 14.0. The van der Waals surface area contributed by atoms with E-state index in [9.17, 15) is 0 Å². The number of nitrogens with one attached hydrogen (secondary N) is 2. The molecule has 130 valence electrons. The predicted octanol–water partition coefficient (Wildman–Crippen LogP) is 6.81. The van der Waals surface area contributed by atoms with E-state index in [1.54, 1.807) is 6.07 Å². The predicted molar refractivity (Wildman–Crippen MR) is 108 cm³/mol. The Morgan fingerprint density at radius 1 is 0.957 bits per heavy atom. The molecule has 0 unspecified atom stereocenters. The van der Waals surface area contributed by atoms with Gasteiger partial charge in [0, 0.05) is 6.54 Å². The maximum atomic E-state index is 6.12. The molecule has 0 saturated heterocycles. The van der Waals surface area contributed by atoms with Gasteiger partial charge in [-0.3, -0.25) is 0 Å². The largest absolute Gasteiger partial charge is 0.362 e.